The van der Waals surface area contributed by atoms with Crippen LogP contribution in [0, 0.1) is 5.82 Å². The van der Waals surface area contributed by atoms with Gasteiger partial charge in [-0.05, 0) is 66.2 Å². The topological polar surface area (TPSA) is 78.6 Å². The fourth-order valence-corrected chi connectivity index (χ4v) is 4.32. The summed E-state index contributed by atoms with van der Waals surface area (Å²) in [4.78, 5) is 8.82. The predicted molar refractivity (Wildman–Crippen MR) is 149 cm³/mol. The molecule has 1 aliphatic heterocycles. The molecule has 0 spiro atoms. The molecule has 2 aromatic heterocycles. The van der Waals surface area contributed by atoms with Gasteiger partial charge < -0.3 is 23.9 Å². The molecule has 0 aliphatic carbocycles. The van der Waals surface area contributed by atoms with Gasteiger partial charge in [0.15, 0.2) is 5.76 Å². The van der Waals surface area contributed by atoms with Crippen molar-refractivity contribution in [2.24, 2.45) is 0 Å². The normalized spacial score (nSPS) is 13.2. The third kappa shape index (κ3) is 6.20. The van der Waals surface area contributed by atoms with Crippen molar-refractivity contribution in [2.45, 2.75) is 26.7 Å². The molecule has 3 heterocycles. The molecule has 1 saturated heterocycles. The molecule has 0 bridgehead atoms. The minimum atomic E-state index is -0.472. The van der Waals surface area contributed by atoms with Crippen LogP contribution in [0.25, 0.3) is 22.2 Å². The minimum Gasteiger partial charge on any atom is -0.487 e. The van der Waals surface area contributed by atoms with Gasteiger partial charge in [-0.1, -0.05) is 37.6 Å². The van der Waals surface area contributed by atoms with E-state index in [2.05, 4.69) is 15.3 Å². The number of ether oxygens (including phenoxy) is 3. The van der Waals surface area contributed by atoms with Crippen LogP contribution >= 0.6 is 11.6 Å². The number of furan rings is 1. The summed E-state index contributed by atoms with van der Waals surface area (Å²) in [5.74, 6) is 2.12. The lowest BCUT2D eigenvalue weighted by molar-refractivity contribution is -0.0585. The van der Waals surface area contributed by atoms with E-state index in [1.807, 2.05) is 50.2 Å². The van der Waals surface area contributed by atoms with Gasteiger partial charge in [0.1, 0.15) is 36.1 Å². The maximum Gasteiger partial charge on any atom is 0.217 e. The Hall–Kier alpha value is -3.98. The second-order valence-corrected chi connectivity index (χ2v) is 8.83. The summed E-state index contributed by atoms with van der Waals surface area (Å²) in [6, 6.07) is 21.2. The number of fused-ring (bicyclic) bond motifs is 1. The van der Waals surface area contributed by atoms with Crippen molar-refractivity contribution in [3.8, 4) is 17.1 Å². The number of aromatic nitrogens is 2. The van der Waals surface area contributed by atoms with Gasteiger partial charge in [0.25, 0.3) is 0 Å². The smallest absolute Gasteiger partial charge is 0.217 e. The highest BCUT2D eigenvalue weighted by Crippen LogP contribution is 2.34. The van der Waals surface area contributed by atoms with Crippen molar-refractivity contribution in [1.82, 2.24) is 9.97 Å². The third-order valence-corrected chi connectivity index (χ3v) is 6.17. The van der Waals surface area contributed by atoms with Crippen LogP contribution in [-0.2, 0) is 16.1 Å². The predicted octanol–water partition coefficient (Wildman–Crippen LogP) is 8.08. The average molecular weight is 548 g/mol. The first kappa shape index (κ1) is 26.6. The molecule has 0 saturated carbocycles. The molecule has 5 aromatic rings. The number of rotatable bonds is 7. The number of hydrogen-bond donors (Lipinski definition) is 1. The molecule has 0 radical (unpaired) electrons. The second-order valence-electron chi connectivity index (χ2n) is 8.42. The summed E-state index contributed by atoms with van der Waals surface area (Å²) in [5.41, 5.74) is 3.09. The van der Waals surface area contributed by atoms with E-state index in [1.54, 1.807) is 24.3 Å². The van der Waals surface area contributed by atoms with Crippen LogP contribution in [0.4, 0.5) is 15.9 Å². The largest absolute Gasteiger partial charge is 0.487 e. The van der Waals surface area contributed by atoms with Crippen molar-refractivity contribution >= 4 is 34.0 Å². The molecule has 0 amide bonds. The Labute approximate surface area is 230 Å². The Morgan fingerprint density at radius 3 is 2.62 bits per heavy atom. The molecule has 1 aliphatic rings. The van der Waals surface area contributed by atoms with Crippen molar-refractivity contribution in [3.05, 3.63) is 101 Å². The molecule has 9 heteroatoms. The van der Waals surface area contributed by atoms with Crippen LogP contribution in [0.3, 0.4) is 0 Å². The summed E-state index contributed by atoms with van der Waals surface area (Å²) < 4.78 is 36.2. The number of nitrogens with zero attached hydrogens (tertiary/aromatic N) is 2. The maximum absolute atomic E-state index is 13.4. The molecule has 0 atom stereocenters. The average Bonchev–Trinajstić information content (AvgIpc) is 3.67. The summed E-state index contributed by atoms with van der Waals surface area (Å²) >= 11 is 6.47. The maximum atomic E-state index is 13.4. The lowest BCUT2D eigenvalue weighted by Crippen LogP contribution is -1.99. The molecule has 1 N–H and O–H groups in total. The first-order valence-corrected chi connectivity index (χ1v) is 13.0. The van der Waals surface area contributed by atoms with E-state index < -0.39 is 6.29 Å². The lowest BCUT2D eigenvalue weighted by atomic mass is 10.1. The summed E-state index contributed by atoms with van der Waals surface area (Å²) in [6.07, 6.45) is 1.03. The number of nitrogens with one attached hydrogen (secondary N) is 1. The van der Waals surface area contributed by atoms with E-state index in [-0.39, 0.29) is 12.4 Å². The zero-order valence-electron chi connectivity index (χ0n) is 21.5. The Balaban J connectivity index is 0.00000151. The zero-order valence-corrected chi connectivity index (χ0v) is 22.2. The lowest BCUT2D eigenvalue weighted by Gasteiger charge is -2.12. The van der Waals surface area contributed by atoms with Gasteiger partial charge in [-0.2, -0.15) is 0 Å². The summed E-state index contributed by atoms with van der Waals surface area (Å²) in [6.45, 7) is 5.30. The fraction of sp³-hybridized carbons (Fsp3) is 0.200. The van der Waals surface area contributed by atoms with E-state index in [4.69, 9.17) is 30.2 Å². The van der Waals surface area contributed by atoms with E-state index in [9.17, 15) is 4.39 Å². The van der Waals surface area contributed by atoms with Crippen LogP contribution in [-0.4, -0.2) is 23.2 Å². The van der Waals surface area contributed by atoms with Gasteiger partial charge in [-0.3, -0.25) is 0 Å². The van der Waals surface area contributed by atoms with E-state index >= 15 is 0 Å². The van der Waals surface area contributed by atoms with Gasteiger partial charge in [0, 0.05) is 16.6 Å². The van der Waals surface area contributed by atoms with Crippen LogP contribution in [0.5, 0.6) is 5.75 Å². The summed E-state index contributed by atoms with van der Waals surface area (Å²) in [7, 11) is 0. The molecule has 39 heavy (non-hydrogen) atoms. The van der Waals surface area contributed by atoms with Crippen LogP contribution in [0.1, 0.15) is 31.5 Å². The van der Waals surface area contributed by atoms with Crippen molar-refractivity contribution in [2.75, 3.05) is 18.5 Å². The van der Waals surface area contributed by atoms with Crippen LogP contribution in [0.15, 0.2) is 83.5 Å². The highest BCUT2D eigenvalue weighted by atomic mass is 35.5. The Morgan fingerprint density at radius 1 is 0.974 bits per heavy atom. The molecule has 200 valence electrons. The van der Waals surface area contributed by atoms with E-state index in [0.717, 1.165) is 22.2 Å². The quantitative estimate of drug-likeness (QED) is 0.220. The highest BCUT2D eigenvalue weighted by molar-refractivity contribution is 6.32. The van der Waals surface area contributed by atoms with Gasteiger partial charge in [-0.25, -0.2) is 14.4 Å². The van der Waals surface area contributed by atoms with Gasteiger partial charge >= 0.3 is 0 Å². The van der Waals surface area contributed by atoms with Crippen molar-refractivity contribution in [1.29, 1.82) is 0 Å². The van der Waals surface area contributed by atoms with Crippen LogP contribution in [0.2, 0.25) is 5.02 Å². The molecular weight excluding hydrogens is 521 g/mol. The molecule has 6 rings (SSSR count). The van der Waals surface area contributed by atoms with Crippen molar-refractivity contribution in [3.63, 3.8) is 0 Å². The Bertz CT molecular complexity index is 1570. The first-order chi connectivity index (χ1) is 19.1. The van der Waals surface area contributed by atoms with E-state index in [0.29, 0.717) is 46.9 Å². The second kappa shape index (κ2) is 12.3. The molecule has 7 nitrogen and oxygen atoms in total. The number of halogens is 2. The van der Waals surface area contributed by atoms with Gasteiger partial charge in [-0.15, -0.1) is 0 Å². The number of anilines is 2. The number of hydrogen-bond acceptors (Lipinski definition) is 7. The minimum absolute atomic E-state index is 0.205. The summed E-state index contributed by atoms with van der Waals surface area (Å²) in [5, 5.41) is 4.54. The van der Waals surface area contributed by atoms with Crippen molar-refractivity contribution < 1.29 is 23.0 Å². The molecule has 0 unspecified atom stereocenters. The Morgan fingerprint density at radius 2 is 1.82 bits per heavy atom. The fourth-order valence-electron chi connectivity index (χ4n) is 4.09. The van der Waals surface area contributed by atoms with Gasteiger partial charge in [0.2, 0.25) is 6.29 Å². The Kier molecular flexibility index (Phi) is 8.36. The highest BCUT2D eigenvalue weighted by Gasteiger charge is 2.22. The molecule has 1 fully saturated rings. The molecule has 3 aromatic carbocycles. The molecular formula is C30H27ClFN3O4. The number of benzene rings is 3. The SMILES string of the molecule is CC.Fc1cccc(COc2ccc(Nc3ncnc4ccc(-c5ccc(C6OCCO6)o5)cc34)cc2Cl)c1. The first-order valence-electron chi connectivity index (χ1n) is 12.6. The van der Waals surface area contributed by atoms with Crippen LogP contribution < -0.4 is 10.1 Å². The standard InChI is InChI=1S/C28H21ClFN3O4.C2H6/c29-22-14-20(5-7-25(22)36-15-17-2-1-3-19(30)12-17)33-27-21-13-18(4-6-23(21)31-16-32-27)24-8-9-26(37-24)28-34-10-11-35-28;1-2/h1-9,12-14,16,28H,10-11,15H2,(H,31,32,33);1-2H3. The third-order valence-electron chi connectivity index (χ3n) is 5.88. The van der Waals surface area contributed by atoms with Gasteiger partial charge in [0.05, 0.1) is 23.8 Å². The monoisotopic (exact) mass is 547 g/mol. The van der Waals surface area contributed by atoms with E-state index in [1.165, 1.54) is 18.5 Å². The zero-order chi connectivity index (χ0) is 27.2.